The van der Waals surface area contributed by atoms with Gasteiger partial charge in [0.2, 0.25) is 0 Å². The zero-order valence-corrected chi connectivity index (χ0v) is 15.1. The normalized spacial score (nSPS) is 13.8. The molecule has 0 unspecified atom stereocenters. The first-order valence-corrected chi connectivity index (χ1v) is 8.24. The molecule has 9 heteroatoms. The first-order chi connectivity index (χ1) is 12.5. The van der Waals surface area contributed by atoms with Crippen molar-refractivity contribution < 1.29 is 28.6 Å². The summed E-state index contributed by atoms with van der Waals surface area (Å²) in [4.78, 5) is 39.0. The predicted octanol–water partition coefficient (Wildman–Crippen LogP) is 1.79. The van der Waals surface area contributed by atoms with Crippen molar-refractivity contribution in [3.63, 3.8) is 0 Å². The standard InChI is InChI=1S/C17H23N3O6/c1-4-26-17(23)20-9-7-19(8-10-20)16(22)18-13-11-12(15(21)25-3)5-6-14(13)24-2/h5-6,11H,4,7-10H2,1-3H3,(H,18,22). The first-order valence-electron chi connectivity index (χ1n) is 8.24. The van der Waals surface area contributed by atoms with Gasteiger partial charge >= 0.3 is 18.1 Å². The highest BCUT2D eigenvalue weighted by Gasteiger charge is 2.25. The number of esters is 1. The Balaban J connectivity index is 2.01. The summed E-state index contributed by atoms with van der Waals surface area (Å²) in [5.74, 6) is -0.0811. The molecule has 1 aromatic rings. The smallest absolute Gasteiger partial charge is 0.409 e. The van der Waals surface area contributed by atoms with E-state index < -0.39 is 5.97 Å². The van der Waals surface area contributed by atoms with E-state index in [2.05, 4.69) is 10.1 Å². The number of hydrogen-bond acceptors (Lipinski definition) is 6. The number of nitrogens with one attached hydrogen (secondary N) is 1. The van der Waals surface area contributed by atoms with Gasteiger partial charge in [-0.05, 0) is 25.1 Å². The number of nitrogens with zero attached hydrogens (tertiary/aromatic N) is 2. The Kier molecular flexibility index (Phi) is 6.65. The molecule has 1 saturated heterocycles. The van der Waals surface area contributed by atoms with Crippen LogP contribution in [0.4, 0.5) is 15.3 Å². The lowest BCUT2D eigenvalue weighted by Gasteiger charge is -2.34. The lowest BCUT2D eigenvalue weighted by atomic mass is 10.2. The van der Waals surface area contributed by atoms with E-state index >= 15 is 0 Å². The van der Waals surface area contributed by atoms with Crippen molar-refractivity contribution in [2.45, 2.75) is 6.92 Å². The molecule has 3 amide bonds. The number of hydrogen-bond donors (Lipinski definition) is 1. The largest absolute Gasteiger partial charge is 0.495 e. The van der Waals surface area contributed by atoms with E-state index in [1.54, 1.807) is 28.9 Å². The maximum Gasteiger partial charge on any atom is 0.409 e. The first kappa shape index (κ1) is 19.4. The van der Waals surface area contributed by atoms with Crippen molar-refractivity contribution in [3.05, 3.63) is 23.8 Å². The van der Waals surface area contributed by atoms with E-state index in [-0.39, 0.29) is 12.1 Å². The third kappa shape index (κ3) is 4.56. The molecule has 0 saturated carbocycles. The fourth-order valence-corrected chi connectivity index (χ4v) is 2.55. The molecule has 0 spiro atoms. The van der Waals surface area contributed by atoms with Crippen molar-refractivity contribution in [1.29, 1.82) is 0 Å². The summed E-state index contributed by atoms with van der Waals surface area (Å²) in [5.41, 5.74) is 0.670. The molecule has 142 valence electrons. The Morgan fingerprint density at radius 1 is 1.08 bits per heavy atom. The number of benzene rings is 1. The monoisotopic (exact) mass is 365 g/mol. The van der Waals surface area contributed by atoms with Crippen LogP contribution in [0.15, 0.2) is 18.2 Å². The fraction of sp³-hybridized carbons (Fsp3) is 0.471. The lowest BCUT2D eigenvalue weighted by molar-refractivity contribution is 0.0600. The SMILES string of the molecule is CCOC(=O)N1CCN(C(=O)Nc2cc(C(=O)OC)ccc2OC)CC1. The van der Waals surface area contributed by atoms with Crippen LogP contribution >= 0.6 is 0 Å². The molecule has 0 radical (unpaired) electrons. The van der Waals surface area contributed by atoms with Crippen LogP contribution in [-0.4, -0.2) is 74.9 Å². The summed E-state index contributed by atoms with van der Waals surface area (Å²) >= 11 is 0. The zero-order valence-electron chi connectivity index (χ0n) is 15.1. The van der Waals surface area contributed by atoms with Gasteiger partial charge in [0.05, 0.1) is 32.1 Å². The Morgan fingerprint density at radius 3 is 2.31 bits per heavy atom. The van der Waals surface area contributed by atoms with Gasteiger partial charge in [-0.25, -0.2) is 14.4 Å². The van der Waals surface area contributed by atoms with Crippen LogP contribution in [0.5, 0.6) is 5.75 Å². The molecule has 9 nitrogen and oxygen atoms in total. The molecule has 1 aromatic carbocycles. The summed E-state index contributed by atoms with van der Waals surface area (Å²) in [6.07, 6.45) is -0.375. The maximum absolute atomic E-state index is 12.5. The van der Waals surface area contributed by atoms with Crippen molar-refractivity contribution in [2.24, 2.45) is 0 Å². The summed E-state index contributed by atoms with van der Waals surface area (Å²) in [7, 11) is 2.76. The number of amides is 3. The molecular formula is C17H23N3O6. The van der Waals surface area contributed by atoms with Crippen LogP contribution < -0.4 is 10.1 Å². The second-order valence-electron chi connectivity index (χ2n) is 5.51. The zero-order chi connectivity index (χ0) is 19.1. The van der Waals surface area contributed by atoms with Crippen molar-refractivity contribution in [1.82, 2.24) is 9.80 Å². The molecule has 0 aromatic heterocycles. The molecular weight excluding hydrogens is 342 g/mol. The molecule has 0 bridgehead atoms. The van der Waals surface area contributed by atoms with Crippen molar-refractivity contribution in [3.8, 4) is 5.75 Å². The summed E-state index contributed by atoms with van der Waals surface area (Å²) in [6, 6.07) is 4.30. The molecule has 1 aliphatic rings. The predicted molar refractivity (Wildman–Crippen MR) is 93.5 cm³/mol. The van der Waals surface area contributed by atoms with Crippen LogP contribution in [-0.2, 0) is 9.47 Å². The molecule has 1 N–H and O–H groups in total. The number of anilines is 1. The lowest BCUT2D eigenvalue weighted by Crippen LogP contribution is -2.51. The van der Waals surface area contributed by atoms with Crippen molar-refractivity contribution >= 4 is 23.8 Å². The molecule has 26 heavy (non-hydrogen) atoms. The van der Waals surface area contributed by atoms with Gasteiger partial charge < -0.3 is 29.3 Å². The minimum atomic E-state index is -0.508. The van der Waals surface area contributed by atoms with E-state index in [1.807, 2.05) is 0 Å². The summed E-state index contributed by atoms with van der Waals surface area (Å²) in [6.45, 7) is 3.61. The highest BCUT2D eigenvalue weighted by molar-refractivity contribution is 5.95. The summed E-state index contributed by atoms with van der Waals surface area (Å²) < 4.78 is 14.9. The second kappa shape index (κ2) is 8.93. The molecule has 1 heterocycles. The quantitative estimate of drug-likeness (QED) is 0.817. The van der Waals surface area contributed by atoms with Crippen LogP contribution in [0, 0.1) is 0 Å². The minimum Gasteiger partial charge on any atom is -0.495 e. The number of ether oxygens (including phenoxy) is 3. The maximum atomic E-state index is 12.5. The Labute approximate surface area is 151 Å². The second-order valence-corrected chi connectivity index (χ2v) is 5.51. The molecule has 2 rings (SSSR count). The Hall–Kier alpha value is -2.97. The van der Waals surface area contributed by atoms with Gasteiger partial charge in [-0.15, -0.1) is 0 Å². The van der Waals surface area contributed by atoms with Crippen LogP contribution in [0.1, 0.15) is 17.3 Å². The van der Waals surface area contributed by atoms with Crippen LogP contribution in [0.2, 0.25) is 0 Å². The third-order valence-electron chi connectivity index (χ3n) is 3.96. The van der Waals surface area contributed by atoms with Gasteiger partial charge in [-0.2, -0.15) is 0 Å². The fourth-order valence-electron chi connectivity index (χ4n) is 2.55. The molecule has 0 aliphatic carbocycles. The van der Waals surface area contributed by atoms with Gasteiger partial charge in [0.15, 0.2) is 0 Å². The number of methoxy groups -OCH3 is 2. The van der Waals surface area contributed by atoms with Crippen molar-refractivity contribution in [2.75, 3.05) is 52.3 Å². The van der Waals surface area contributed by atoms with Gasteiger partial charge in [0, 0.05) is 26.2 Å². The number of rotatable bonds is 4. The van der Waals surface area contributed by atoms with E-state index in [0.717, 1.165) is 0 Å². The number of urea groups is 1. The highest BCUT2D eigenvalue weighted by Crippen LogP contribution is 2.26. The average molecular weight is 365 g/mol. The van der Waals surface area contributed by atoms with Gasteiger partial charge in [-0.1, -0.05) is 0 Å². The highest BCUT2D eigenvalue weighted by atomic mass is 16.6. The Morgan fingerprint density at radius 2 is 1.73 bits per heavy atom. The van der Waals surface area contributed by atoms with E-state index in [9.17, 15) is 14.4 Å². The topological polar surface area (TPSA) is 97.4 Å². The Bertz CT molecular complexity index is 670. The van der Waals surface area contributed by atoms with Gasteiger partial charge in [0.25, 0.3) is 0 Å². The van der Waals surface area contributed by atoms with Crippen LogP contribution in [0.3, 0.4) is 0 Å². The molecule has 1 fully saturated rings. The number of carbonyl (C=O) groups is 3. The van der Waals surface area contributed by atoms with Crippen LogP contribution in [0.25, 0.3) is 0 Å². The van der Waals surface area contributed by atoms with Gasteiger partial charge in [-0.3, -0.25) is 0 Å². The average Bonchev–Trinajstić information content (AvgIpc) is 2.67. The van der Waals surface area contributed by atoms with Gasteiger partial charge in [0.1, 0.15) is 5.75 Å². The number of piperazine rings is 1. The molecule has 1 aliphatic heterocycles. The molecule has 0 atom stereocenters. The minimum absolute atomic E-state index is 0.302. The van der Waals surface area contributed by atoms with E-state index in [4.69, 9.17) is 9.47 Å². The summed E-state index contributed by atoms with van der Waals surface area (Å²) in [5, 5.41) is 2.74. The van der Waals surface area contributed by atoms with E-state index in [1.165, 1.54) is 20.3 Å². The number of carbonyl (C=O) groups excluding carboxylic acids is 3. The third-order valence-corrected chi connectivity index (χ3v) is 3.96. The van der Waals surface area contributed by atoms with E-state index in [0.29, 0.717) is 49.8 Å².